The molecule has 2 aromatic carbocycles. The predicted octanol–water partition coefficient (Wildman–Crippen LogP) is 3.19. The van der Waals surface area contributed by atoms with Gasteiger partial charge < -0.3 is 14.2 Å². The van der Waals surface area contributed by atoms with Gasteiger partial charge in [-0.15, -0.1) is 10.2 Å². The Balaban J connectivity index is 1.72. The number of nitro benzene ring substituents is 1. The number of ether oxygens (including phenoxy) is 1. The van der Waals surface area contributed by atoms with Crippen molar-refractivity contribution in [3.63, 3.8) is 0 Å². The average Bonchev–Trinajstić information content (AvgIpc) is 3.17. The molecule has 0 radical (unpaired) electrons. The molecule has 9 nitrogen and oxygen atoms in total. The van der Waals surface area contributed by atoms with E-state index in [1.807, 2.05) is 34.9 Å². The van der Waals surface area contributed by atoms with Crippen LogP contribution in [0.15, 0.2) is 42.5 Å². The summed E-state index contributed by atoms with van der Waals surface area (Å²) >= 11 is 0. The van der Waals surface area contributed by atoms with Crippen molar-refractivity contribution in [2.75, 3.05) is 18.1 Å². The summed E-state index contributed by atoms with van der Waals surface area (Å²) in [6.45, 7) is 2.70. The number of fused-ring (bicyclic) bond motifs is 1. The molecular weight excluding hydrogens is 393 g/mol. The zero-order valence-electron chi connectivity index (χ0n) is 16.1. The van der Waals surface area contributed by atoms with Gasteiger partial charge in [-0.1, -0.05) is 30.3 Å². The third-order valence-electron chi connectivity index (χ3n) is 4.86. The lowest BCUT2D eigenvalue weighted by molar-refractivity contribution is -0.385. The first-order valence-corrected chi connectivity index (χ1v) is 9.37. The van der Waals surface area contributed by atoms with Crippen LogP contribution in [0.5, 0.6) is 0 Å². The topological polar surface area (TPSA) is 103 Å². The minimum absolute atomic E-state index is 0.0328. The van der Waals surface area contributed by atoms with Gasteiger partial charge in [0, 0.05) is 24.7 Å². The number of nitro groups is 1. The van der Waals surface area contributed by atoms with Gasteiger partial charge in [-0.3, -0.25) is 10.1 Å². The smallest absolute Gasteiger partial charge is 0.340 e. The summed E-state index contributed by atoms with van der Waals surface area (Å²) in [6, 6.07) is 11.4. The highest BCUT2D eigenvalue weighted by atomic mass is 19.1. The van der Waals surface area contributed by atoms with Crippen LogP contribution in [0.25, 0.3) is 11.4 Å². The molecule has 2 heterocycles. The Morgan fingerprint density at radius 2 is 2.00 bits per heavy atom. The lowest BCUT2D eigenvalue weighted by atomic mass is 10.1. The van der Waals surface area contributed by atoms with E-state index in [1.165, 1.54) is 0 Å². The summed E-state index contributed by atoms with van der Waals surface area (Å²) in [5, 5.41) is 19.6. The Morgan fingerprint density at radius 3 is 2.70 bits per heavy atom. The van der Waals surface area contributed by atoms with Crippen LogP contribution in [-0.2, 0) is 17.8 Å². The van der Waals surface area contributed by atoms with Gasteiger partial charge >= 0.3 is 5.97 Å². The number of carbonyl (C=O) groups excluding carboxylic acids is 1. The second kappa shape index (κ2) is 7.90. The van der Waals surface area contributed by atoms with Gasteiger partial charge in [0.25, 0.3) is 5.69 Å². The Bertz CT molecular complexity index is 1120. The fourth-order valence-corrected chi connectivity index (χ4v) is 3.53. The molecule has 30 heavy (non-hydrogen) atoms. The Kier molecular flexibility index (Phi) is 5.13. The second-order valence-corrected chi connectivity index (χ2v) is 6.68. The maximum absolute atomic E-state index is 14.9. The molecule has 0 spiro atoms. The monoisotopic (exact) mass is 411 g/mol. The summed E-state index contributed by atoms with van der Waals surface area (Å²) in [6.07, 6.45) is 0. The number of non-ortho nitro benzene ring substituents is 1. The average molecular weight is 411 g/mol. The molecule has 0 aliphatic carbocycles. The molecule has 0 N–H and O–H groups in total. The molecular formula is C20H18FN5O4. The Hall–Kier alpha value is -3.82. The van der Waals surface area contributed by atoms with E-state index >= 15 is 0 Å². The summed E-state index contributed by atoms with van der Waals surface area (Å²) in [7, 11) is 0. The van der Waals surface area contributed by atoms with Crippen LogP contribution < -0.4 is 4.90 Å². The van der Waals surface area contributed by atoms with Gasteiger partial charge in [-0.05, 0) is 6.92 Å². The number of rotatable bonds is 5. The van der Waals surface area contributed by atoms with Crippen LogP contribution in [0.1, 0.15) is 23.1 Å². The molecule has 1 aromatic heterocycles. The van der Waals surface area contributed by atoms with Crippen molar-refractivity contribution in [1.82, 2.24) is 14.8 Å². The van der Waals surface area contributed by atoms with Crippen LogP contribution in [0.2, 0.25) is 0 Å². The van der Waals surface area contributed by atoms with E-state index in [9.17, 15) is 19.3 Å². The fourth-order valence-electron chi connectivity index (χ4n) is 3.53. The van der Waals surface area contributed by atoms with E-state index in [0.717, 1.165) is 17.7 Å². The van der Waals surface area contributed by atoms with Crippen LogP contribution in [0.3, 0.4) is 0 Å². The normalized spacial score (nSPS) is 13.1. The zero-order valence-corrected chi connectivity index (χ0v) is 16.1. The number of hydrogen-bond donors (Lipinski definition) is 0. The molecule has 10 heteroatoms. The van der Waals surface area contributed by atoms with Gasteiger partial charge in [0.15, 0.2) is 17.5 Å². The van der Waals surface area contributed by atoms with Crippen molar-refractivity contribution in [3.05, 3.63) is 69.8 Å². The number of nitrogens with zero attached hydrogens (tertiary/aromatic N) is 5. The number of aromatic nitrogens is 3. The highest BCUT2D eigenvalue weighted by Crippen LogP contribution is 2.33. The van der Waals surface area contributed by atoms with E-state index in [1.54, 1.807) is 11.8 Å². The van der Waals surface area contributed by atoms with E-state index in [0.29, 0.717) is 24.7 Å². The van der Waals surface area contributed by atoms with E-state index in [-0.39, 0.29) is 24.4 Å². The fraction of sp³-hybridized carbons (Fsp3) is 0.250. The van der Waals surface area contributed by atoms with E-state index in [4.69, 9.17) is 4.74 Å². The van der Waals surface area contributed by atoms with E-state index in [2.05, 4.69) is 10.2 Å². The third-order valence-corrected chi connectivity index (χ3v) is 4.86. The van der Waals surface area contributed by atoms with Crippen molar-refractivity contribution >= 4 is 17.3 Å². The molecule has 0 saturated carbocycles. The molecule has 154 valence electrons. The first-order valence-electron chi connectivity index (χ1n) is 9.37. The summed E-state index contributed by atoms with van der Waals surface area (Å²) in [5.74, 6) is -0.358. The van der Waals surface area contributed by atoms with Crippen molar-refractivity contribution in [2.24, 2.45) is 0 Å². The number of halogens is 1. The number of hydrogen-bond acceptors (Lipinski definition) is 7. The minimum Gasteiger partial charge on any atom is -0.462 e. The van der Waals surface area contributed by atoms with Crippen LogP contribution >= 0.6 is 0 Å². The number of benzene rings is 2. The Labute approximate surface area is 170 Å². The summed E-state index contributed by atoms with van der Waals surface area (Å²) in [5.41, 5.74) is 0.193. The zero-order chi connectivity index (χ0) is 21.3. The number of anilines is 1. The van der Waals surface area contributed by atoms with Crippen molar-refractivity contribution in [2.45, 2.75) is 20.0 Å². The molecule has 0 atom stereocenters. The standard InChI is InChI=1S/C20H18FN5O4/c1-2-30-20(27)15-10-14(26(28)29)11-16(21)18(15)24-8-9-25-17(12-24)22-23-19(25)13-6-4-3-5-7-13/h3-7,10-11H,2,8-9,12H2,1H3. The molecule has 1 aliphatic heterocycles. The lowest BCUT2D eigenvalue weighted by Crippen LogP contribution is -2.35. The highest BCUT2D eigenvalue weighted by Gasteiger charge is 2.30. The molecule has 0 bridgehead atoms. The van der Waals surface area contributed by atoms with Gasteiger partial charge in [-0.25, -0.2) is 9.18 Å². The van der Waals surface area contributed by atoms with Crippen LogP contribution in [0.4, 0.5) is 15.8 Å². The van der Waals surface area contributed by atoms with Crippen LogP contribution in [-0.4, -0.2) is 38.8 Å². The molecule has 0 unspecified atom stereocenters. The summed E-state index contributed by atoms with van der Waals surface area (Å²) < 4.78 is 21.8. The first kappa shape index (κ1) is 19.5. The summed E-state index contributed by atoms with van der Waals surface area (Å²) in [4.78, 5) is 24.4. The maximum Gasteiger partial charge on any atom is 0.340 e. The quantitative estimate of drug-likeness (QED) is 0.361. The van der Waals surface area contributed by atoms with Gasteiger partial charge in [0.05, 0.1) is 35.4 Å². The van der Waals surface area contributed by atoms with Crippen LogP contribution in [0, 0.1) is 15.9 Å². The highest BCUT2D eigenvalue weighted by molar-refractivity contribution is 5.97. The van der Waals surface area contributed by atoms with Crippen molar-refractivity contribution in [1.29, 1.82) is 0 Å². The minimum atomic E-state index is -0.858. The van der Waals surface area contributed by atoms with Gasteiger partial charge in [-0.2, -0.15) is 0 Å². The molecule has 4 rings (SSSR count). The first-order chi connectivity index (χ1) is 14.5. The van der Waals surface area contributed by atoms with Gasteiger partial charge in [0.2, 0.25) is 0 Å². The predicted molar refractivity (Wildman–Crippen MR) is 106 cm³/mol. The lowest BCUT2D eigenvalue weighted by Gasteiger charge is -2.31. The molecule has 3 aromatic rings. The molecule has 0 saturated heterocycles. The van der Waals surface area contributed by atoms with Gasteiger partial charge in [0.1, 0.15) is 0 Å². The molecule has 1 aliphatic rings. The maximum atomic E-state index is 14.9. The SMILES string of the molecule is CCOC(=O)c1cc([N+](=O)[O-])cc(F)c1N1CCn2c(nnc2-c2ccccc2)C1. The number of carbonyl (C=O) groups is 1. The molecule has 0 amide bonds. The largest absolute Gasteiger partial charge is 0.462 e. The van der Waals surface area contributed by atoms with Crippen molar-refractivity contribution < 1.29 is 18.8 Å². The molecule has 0 fully saturated rings. The number of esters is 1. The van der Waals surface area contributed by atoms with Crippen molar-refractivity contribution in [3.8, 4) is 11.4 Å². The third kappa shape index (κ3) is 3.47. The second-order valence-electron chi connectivity index (χ2n) is 6.68. The van der Waals surface area contributed by atoms with E-state index < -0.39 is 22.4 Å². The Morgan fingerprint density at radius 1 is 1.23 bits per heavy atom.